The molecule has 2 aliphatic heterocycles. The highest BCUT2D eigenvalue weighted by Crippen LogP contribution is 2.38. The van der Waals surface area contributed by atoms with Crippen molar-refractivity contribution in [3.8, 4) is 5.75 Å². The van der Waals surface area contributed by atoms with Crippen LogP contribution in [0.15, 0.2) is 48.5 Å². The molecule has 2 saturated heterocycles. The average Bonchev–Trinajstić information content (AvgIpc) is 2.79. The highest BCUT2D eigenvalue weighted by Gasteiger charge is 2.44. The fourth-order valence-electron chi connectivity index (χ4n) is 5.34. The van der Waals surface area contributed by atoms with E-state index in [0.717, 1.165) is 42.8 Å². The maximum Gasteiger partial charge on any atom is 0.253 e. The molecule has 2 heterocycles. The standard InChI is InChI=1S/C29H40N2O4.ClH/c1-21(2)34-25-12-11-24(17-22(25)3)27(32)31-15-13-29(14-16-31)20-30(19-28(4,5)33)18-26(35-29)23-9-7-6-8-10-23;/h6-12,17,21,26,33H,13-16,18-20H2,1-5H3;1H. The molecule has 1 N–H and O–H groups in total. The molecule has 0 saturated carbocycles. The van der Waals surface area contributed by atoms with Crippen LogP contribution in [0.3, 0.4) is 0 Å². The van der Waals surface area contributed by atoms with Crippen LogP contribution in [-0.4, -0.2) is 70.8 Å². The smallest absolute Gasteiger partial charge is 0.253 e. The van der Waals surface area contributed by atoms with Gasteiger partial charge in [0.2, 0.25) is 0 Å². The zero-order valence-electron chi connectivity index (χ0n) is 22.2. The van der Waals surface area contributed by atoms with Gasteiger partial charge in [-0.15, -0.1) is 12.4 Å². The van der Waals surface area contributed by atoms with Crippen LogP contribution in [0.1, 0.15) is 68.1 Å². The number of hydrogen-bond acceptors (Lipinski definition) is 5. The maximum absolute atomic E-state index is 13.3. The Labute approximate surface area is 222 Å². The Kier molecular flexibility index (Phi) is 9.10. The number of carbonyl (C=O) groups excluding carboxylic acids is 1. The molecular weight excluding hydrogens is 476 g/mol. The van der Waals surface area contributed by atoms with Crippen molar-refractivity contribution in [2.75, 3.05) is 32.7 Å². The molecule has 4 rings (SSSR count). The number of rotatable bonds is 6. The van der Waals surface area contributed by atoms with E-state index in [9.17, 15) is 9.90 Å². The number of nitrogens with zero attached hydrogens (tertiary/aromatic N) is 2. The lowest BCUT2D eigenvalue weighted by atomic mass is 9.87. The van der Waals surface area contributed by atoms with Gasteiger partial charge in [0.15, 0.2) is 0 Å². The zero-order valence-corrected chi connectivity index (χ0v) is 23.0. The zero-order chi connectivity index (χ0) is 25.2. The number of piperidine rings is 1. The van der Waals surface area contributed by atoms with E-state index in [1.165, 1.54) is 0 Å². The highest BCUT2D eigenvalue weighted by atomic mass is 35.5. The molecule has 6 nitrogen and oxygen atoms in total. The first-order valence-electron chi connectivity index (χ1n) is 12.8. The van der Waals surface area contributed by atoms with E-state index in [-0.39, 0.29) is 36.1 Å². The van der Waals surface area contributed by atoms with Gasteiger partial charge in [0.25, 0.3) is 5.91 Å². The minimum absolute atomic E-state index is 0. The molecule has 1 spiro atoms. The second kappa shape index (κ2) is 11.5. The minimum atomic E-state index is -0.778. The van der Waals surface area contributed by atoms with Crippen molar-refractivity contribution in [2.45, 2.75) is 70.9 Å². The summed E-state index contributed by atoms with van der Waals surface area (Å²) >= 11 is 0. The van der Waals surface area contributed by atoms with Gasteiger partial charge < -0.3 is 19.5 Å². The number of aliphatic hydroxyl groups is 1. The molecule has 2 aromatic carbocycles. The first-order valence-corrected chi connectivity index (χ1v) is 12.8. The predicted octanol–water partition coefficient (Wildman–Crippen LogP) is 5.02. The van der Waals surface area contributed by atoms with Crippen molar-refractivity contribution in [3.63, 3.8) is 0 Å². The second-order valence-corrected chi connectivity index (χ2v) is 11.1. The van der Waals surface area contributed by atoms with E-state index >= 15 is 0 Å². The number of aryl methyl sites for hydroxylation is 1. The Morgan fingerprint density at radius 2 is 1.83 bits per heavy atom. The van der Waals surface area contributed by atoms with Crippen molar-refractivity contribution < 1.29 is 19.4 Å². The van der Waals surface area contributed by atoms with Crippen LogP contribution in [0, 0.1) is 6.92 Å². The van der Waals surface area contributed by atoms with Crippen LogP contribution in [-0.2, 0) is 4.74 Å². The lowest BCUT2D eigenvalue weighted by Crippen LogP contribution is -2.59. The Hall–Kier alpha value is -2.12. The maximum atomic E-state index is 13.3. The van der Waals surface area contributed by atoms with Crippen LogP contribution in [0.2, 0.25) is 0 Å². The topological polar surface area (TPSA) is 62.2 Å². The first kappa shape index (κ1) is 28.5. The van der Waals surface area contributed by atoms with Gasteiger partial charge in [0, 0.05) is 38.3 Å². The summed E-state index contributed by atoms with van der Waals surface area (Å²) < 4.78 is 12.6. The Balaban J connectivity index is 0.00000361. The summed E-state index contributed by atoms with van der Waals surface area (Å²) in [6.45, 7) is 13.1. The number of carbonyl (C=O) groups is 1. The van der Waals surface area contributed by atoms with Crippen LogP contribution < -0.4 is 4.74 Å². The van der Waals surface area contributed by atoms with Gasteiger partial charge in [0.05, 0.1) is 23.4 Å². The largest absolute Gasteiger partial charge is 0.491 e. The fraction of sp³-hybridized carbons (Fsp3) is 0.552. The number of amides is 1. The molecule has 7 heteroatoms. The number of ether oxygens (including phenoxy) is 2. The molecule has 2 aliphatic rings. The molecule has 1 amide bonds. The Morgan fingerprint density at radius 1 is 1.17 bits per heavy atom. The van der Waals surface area contributed by atoms with E-state index in [0.29, 0.717) is 25.2 Å². The van der Waals surface area contributed by atoms with Gasteiger partial charge >= 0.3 is 0 Å². The summed E-state index contributed by atoms with van der Waals surface area (Å²) in [6.07, 6.45) is 1.60. The molecule has 0 aliphatic carbocycles. The number of benzene rings is 2. The highest BCUT2D eigenvalue weighted by molar-refractivity contribution is 5.94. The van der Waals surface area contributed by atoms with E-state index in [1.807, 2.05) is 75.9 Å². The molecule has 1 atom stereocenters. The SMILES string of the molecule is Cc1cc(C(=O)N2CCC3(CC2)CN(CC(C)(C)O)CC(c2ccccc2)O3)ccc1OC(C)C.Cl. The third-order valence-electron chi connectivity index (χ3n) is 6.86. The lowest BCUT2D eigenvalue weighted by molar-refractivity contribution is -0.182. The lowest BCUT2D eigenvalue weighted by Gasteiger charge is -2.51. The van der Waals surface area contributed by atoms with Gasteiger partial charge in [-0.1, -0.05) is 30.3 Å². The van der Waals surface area contributed by atoms with E-state index in [4.69, 9.17) is 9.47 Å². The molecular formula is C29H41ClN2O4. The molecule has 1 unspecified atom stereocenters. The van der Waals surface area contributed by atoms with Crippen LogP contribution in [0.4, 0.5) is 0 Å². The minimum Gasteiger partial charge on any atom is -0.491 e. The van der Waals surface area contributed by atoms with Gasteiger partial charge in [-0.25, -0.2) is 0 Å². The van der Waals surface area contributed by atoms with Crippen LogP contribution in [0.25, 0.3) is 0 Å². The van der Waals surface area contributed by atoms with Gasteiger partial charge in [0.1, 0.15) is 5.75 Å². The number of hydrogen-bond donors (Lipinski definition) is 1. The van der Waals surface area contributed by atoms with Crippen molar-refractivity contribution in [3.05, 3.63) is 65.2 Å². The number of halogens is 1. The average molecular weight is 517 g/mol. The van der Waals surface area contributed by atoms with Crippen molar-refractivity contribution >= 4 is 18.3 Å². The molecule has 2 aromatic rings. The third-order valence-corrected chi connectivity index (χ3v) is 6.86. The normalized spacial score (nSPS) is 20.3. The van der Waals surface area contributed by atoms with Crippen molar-refractivity contribution in [2.24, 2.45) is 0 Å². The van der Waals surface area contributed by atoms with Crippen LogP contribution in [0.5, 0.6) is 5.75 Å². The van der Waals surface area contributed by atoms with Gasteiger partial charge in [-0.2, -0.15) is 0 Å². The van der Waals surface area contributed by atoms with Crippen LogP contribution >= 0.6 is 12.4 Å². The molecule has 0 bridgehead atoms. The molecule has 0 radical (unpaired) electrons. The summed E-state index contributed by atoms with van der Waals surface area (Å²) in [6, 6.07) is 16.0. The Bertz CT molecular complexity index is 1010. The summed E-state index contributed by atoms with van der Waals surface area (Å²) in [5.74, 6) is 0.881. The number of likely N-dealkylation sites (tertiary alicyclic amines) is 1. The van der Waals surface area contributed by atoms with Crippen molar-refractivity contribution in [1.82, 2.24) is 9.80 Å². The first-order chi connectivity index (χ1) is 16.5. The summed E-state index contributed by atoms with van der Waals surface area (Å²) in [5, 5.41) is 10.5. The van der Waals surface area contributed by atoms with E-state index in [1.54, 1.807) is 0 Å². The molecule has 198 valence electrons. The monoisotopic (exact) mass is 516 g/mol. The summed E-state index contributed by atoms with van der Waals surface area (Å²) in [5.41, 5.74) is 1.72. The summed E-state index contributed by atoms with van der Waals surface area (Å²) in [4.78, 5) is 17.6. The predicted molar refractivity (Wildman–Crippen MR) is 145 cm³/mol. The molecule has 2 fully saturated rings. The summed E-state index contributed by atoms with van der Waals surface area (Å²) in [7, 11) is 0. The quantitative estimate of drug-likeness (QED) is 0.584. The van der Waals surface area contributed by atoms with Crippen molar-refractivity contribution in [1.29, 1.82) is 0 Å². The second-order valence-electron chi connectivity index (χ2n) is 11.1. The van der Waals surface area contributed by atoms with E-state index < -0.39 is 5.60 Å². The van der Waals surface area contributed by atoms with Gasteiger partial charge in [-0.3, -0.25) is 9.69 Å². The molecule has 36 heavy (non-hydrogen) atoms. The Morgan fingerprint density at radius 3 is 2.42 bits per heavy atom. The number of β-amino-alcohol motifs (C(OH)–C–C–N with tert-alkyl or cyclic N) is 1. The third kappa shape index (κ3) is 7.00. The molecule has 0 aromatic heterocycles. The van der Waals surface area contributed by atoms with Gasteiger partial charge in [-0.05, 0) is 76.8 Å². The van der Waals surface area contributed by atoms with E-state index in [2.05, 4.69) is 17.0 Å². The number of morpholine rings is 1. The fourth-order valence-corrected chi connectivity index (χ4v) is 5.34.